The predicted molar refractivity (Wildman–Crippen MR) is 79.0 cm³/mol. The van der Waals surface area contributed by atoms with Gasteiger partial charge in [-0.15, -0.1) is 0 Å². The van der Waals surface area contributed by atoms with Gasteiger partial charge in [0, 0.05) is 50.5 Å². The highest BCUT2D eigenvalue weighted by Gasteiger charge is 2.17. The second-order valence-electron chi connectivity index (χ2n) is 5.49. The summed E-state index contributed by atoms with van der Waals surface area (Å²) >= 11 is 0. The summed E-state index contributed by atoms with van der Waals surface area (Å²) in [5.74, 6) is -0.348. The largest absolute Gasteiger partial charge is 0.369 e. The predicted octanol–water partition coefficient (Wildman–Crippen LogP) is 1.32. The van der Waals surface area contributed by atoms with E-state index in [1.165, 1.54) is 12.1 Å². The Kier molecular flexibility index (Phi) is 5.09. The van der Waals surface area contributed by atoms with E-state index in [-0.39, 0.29) is 5.82 Å². The van der Waals surface area contributed by atoms with Gasteiger partial charge in [0.25, 0.3) is 0 Å². The monoisotopic (exact) mass is 279 g/mol. The van der Waals surface area contributed by atoms with Crippen LogP contribution in [0.15, 0.2) is 18.2 Å². The highest BCUT2D eigenvalue weighted by molar-refractivity contribution is 5.77. The Morgan fingerprint density at radius 1 is 1.20 bits per heavy atom. The zero-order chi connectivity index (χ0) is 14.5. The van der Waals surface area contributed by atoms with E-state index >= 15 is 0 Å². The summed E-state index contributed by atoms with van der Waals surface area (Å²) in [6.07, 6.45) is 0.694. The molecule has 0 atom stereocenters. The molecule has 0 aromatic heterocycles. The molecule has 0 unspecified atom stereocenters. The molecule has 4 nitrogen and oxygen atoms in total. The lowest BCUT2D eigenvalue weighted by Crippen LogP contribution is -2.48. The van der Waals surface area contributed by atoms with Crippen molar-refractivity contribution in [3.05, 3.63) is 29.6 Å². The molecule has 1 fully saturated rings. The summed E-state index contributed by atoms with van der Waals surface area (Å²) in [6.45, 7) is 5.80. The fourth-order valence-corrected chi connectivity index (χ4v) is 2.42. The van der Waals surface area contributed by atoms with Gasteiger partial charge in [-0.1, -0.05) is 0 Å². The second-order valence-corrected chi connectivity index (χ2v) is 5.49. The van der Waals surface area contributed by atoms with Crippen molar-refractivity contribution in [1.82, 2.24) is 9.80 Å². The molecule has 1 aromatic carbocycles. The SMILES string of the molecule is CN(C)CCN1CCN(c2cc(F)cc(C=O)c2)CC1. The first kappa shape index (κ1) is 14.9. The minimum absolute atomic E-state index is 0.348. The average molecular weight is 279 g/mol. The number of piperazine rings is 1. The van der Waals surface area contributed by atoms with Gasteiger partial charge in [-0.25, -0.2) is 4.39 Å². The molecular weight excluding hydrogens is 257 g/mol. The third-order valence-corrected chi connectivity index (χ3v) is 3.64. The molecule has 0 amide bonds. The first-order chi connectivity index (χ1) is 9.58. The standard InChI is InChI=1S/C15H22FN3O/c1-17(2)3-4-18-5-7-19(8-6-18)15-10-13(12-20)9-14(16)11-15/h9-12H,3-8H2,1-2H3. The molecule has 1 aromatic rings. The Labute approximate surface area is 119 Å². The number of carbonyl (C=O) groups is 1. The first-order valence-electron chi connectivity index (χ1n) is 6.96. The Balaban J connectivity index is 1.93. The van der Waals surface area contributed by atoms with Crippen molar-refractivity contribution < 1.29 is 9.18 Å². The van der Waals surface area contributed by atoms with Gasteiger partial charge < -0.3 is 9.80 Å². The van der Waals surface area contributed by atoms with Gasteiger partial charge >= 0.3 is 0 Å². The Hall–Kier alpha value is -1.46. The van der Waals surface area contributed by atoms with E-state index < -0.39 is 0 Å². The number of carbonyl (C=O) groups excluding carboxylic acids is 1. The van der Waals surface area contributed by atoms with Gasteiger partial charge in [-0.3, -0.25) is 9.69 Å². The third-order valence-electron chi connectivity index (χ3n) is 3.64. The van der Waals surface area contributed by atoms with Gasteiger partial charge in [-0.2, -0.15) is 0 Å². The van der Waals surface area contributed by atoms with Gasteiger partial charge in [0.15, 0.2) is 0 Å². The zero-order valence-electron chi connectivity index (χ0n) is 12.2. The van der Waals surface area contributed by atoms with Crippen molar-refractivity contribution in [2.45, 2.75) is 0 Å². The van der Waals surface area contributed by atoms with Crippen LogP contribution in [0, 0.1) is 5.82 Å². The second kappa shape index (κ2) is 6.81. The van der Waals surface area contributed by atoms with Crippen molar-refractivity contribution in [3.8, 4) is 0 Å². The fourth-order valence-electron chi connectivity index (χ4n) is 2.42. The lowest BCUT2D eigenvalue weighted by atomic mass is 10.1. The number of halogens is 1. The molecule has 0 radical (unpaired) electrons. The van der Waals surface area contributed by atoms with Crippen LogP contribution >= 0.6 is 0 Å². The normalized spacial score (nSPS) is 16.7. The summed E-state index contributed by atoms with van der Waals surface area (Å²) in [7, 11) is 4.15. The molecule has 5 heteroatoms. The number of hydrogen-bond donors (Lipinski definition) is 0. The van der Waals surface area contributed by atoms with Crippen LogP contribution in [0.4, 0.5) is 10.1 Å². The molecule has 0 saturated carbocycles. The lowest BCUT2D eigenvalue weighted by molar-refractivity contribution is 0.112. The van der Waals surface area contributed by atoms with E-state index in [0.717, 1.165) is 45.0 Å². The Bertz CT molecular complexity index is 456. The quantitative estimate of drug-likeness (QED) is 0.760. The topological polar surface area (TPSA) is 26.8 Å². The van der Waals surface area contributed by atoms with Crippen molar-refractivity contribution in [2.24, 2.45) is 0 Å². The minimum atomic E-state index is -0.348. The summed E-state index contributed by atoms with van der Waals surface area (Å²) in [6, 6.07) is 4.53. The molecule has 0 spiro atoms. The van der Waals surface area contributed by atoms with Crippen LogP contribution in [0.1, 0.15) is 10.4 Å². The summed E-state index contributed by atoms with van der Waals surface area (Å²) in [4.78, 5) is 17.5. The van der Waals surface area contributed by atoms with E-state index in [9.17, 15) is 9.18 Å². The van der Waals surface area contributed by atoms with E-state index in [0.29, 0.717) is 11.8 Å². The van der Waals surface area contributed by atoms with E-state index in [1.807, 2.05) is 0 Å². The molecule has 0 N–H and O–H groups in total. The molecule has 0 aliphatic carbocycles. The highest BCUT2D eigenvalue weighted by Crippen LogP contribution is 2.19. The average Bonchev–Trinajstić information content (AvgIpc) is 2.45. The number of rotatable bonds is 5. The van der Waals surface area contributed by atoms with E-state index in [1.54, 1.807) is 6.07 Å². The van der Waals surface area contributed by atoms with Crippen LogP contribution in [0.5, 0.6) is 0 Å². The summed E-state index contributed by atoms with van der Waals surface area (Å²) < 4.78 is 13.5. The third kappa shape index (κ3) is 4.02. The van der Waals surface area contributed by atoms with Crippen LogP contribution in [0.25, 0.3) is 0 Å². The maximum Gasteiger partial charge on any atom is 0.150 e. The van der Waals surface area contributed by atoms with Gasteiger partial charge in [0.1, 0.15) is 12.1 Å². The van der Waals surface area contributed by atoms with Crippen molar-refractivity contribution in [1.29, 1.82) is 0 Å². The molecule has 1 aliphatic heterocycles. The minimum Gasteiger partial charge on any atom is -0.369 e. The summed E-state index contributed by atoms with van der Waals surface area (Å²) in [5.41, 5.74) is 1.20. The molecular formula is C15H22FN3O. The molecule has 1 aliphatic rings. The van der Waals surface area contributed by atoms with Gasteiger partial charge in [-0.05, 0) is 32.3 Å². The van der Waals surface area contributed by atoms with E-state index in [2.05, 4.69) is 28.8 Å². The molecule has 1 saturated heterocycles. The number of anilines is 1. The smallest absolute Gasteiger partial charge is 0.150 e. The van der Waals surface area contributed by atoms with Crippen molar-refractivity contribution in [2.75, 3.05) is 58.3 Å². The fraction of sp³-hybridized carbons (Fsp3) is 0.533. The van der Waals surface area contributed by atoms with Gasteiger partial charge in [0.05, 0.1) is 0 Å². The van der Waals surface area contributed by atoms with Gasteiger partial charge in [0.2, 0.25) is 0 Å². The number of aldehydes is 1. The molecule has 2 rings (SSSR count). The summed E-state index contributed by atoms with van der Waals surface area (Å²) in [5, 5.41) is 0. The highest BCUT2D eigenvalue weighted by atomic mass is 19.1. The van der Waals surface area contributed by atoms with Crippen LogP contribution < -0.4 is 4.90 Å². The van der Waals surface area contributed by atoms with E-state index in [4.69, 9.17) is 0 Å². The lowest BCUT2D eigenvalue weighted by Gasteiger charge is -2.36. The maximum atomic E-state index is 13.5. The van der Waals surface area contributed by atoms with Crippen LogP contribution in [-0.2, 0) is 0 Å². The molecule has 110 valence electrons. The number of benzene rings is 1. The molecule has 1 heterocycles. The van der Waals surface area contributed by atoms with Crippen LogP contribution in [0.3, 0.4) is 0 Å². The zero-order valence-corrected chi connectivity index (χ0v) is 12.2. The van der Waals surface area contributed by atoms with Crippen molar-refractivity contribution >= 4 is 12.0 Å². The first-order valence-corrected chi connectivity index (χ1v) is 6.96. The number of nitrogens with zero attached hydrogens (tertiary/aromatic N) is 3. The number of likely N-dealkylation sites (N-methyl/N-ethyl adjacent to an activating group) is 1. The van der Waals surface area contributed by atoms with Crippen LogP contribution in [-0.4, -0.2) is 69.4 Å². The number of hydrogen-bond acceptors (Lipinski definition) is 4. The molecule has 0 bridgehead atoms. The van der Waals surface area contributed by atoms with Crippen molar-refractivity contribution in [3.63, 3.8) is 0 Å². The molecule has 20 heavy (non-hydrogen) atoms. The Morgan fingerprint density at radius 2 is 1.90 bits per heavy atom. The maximum absolute atomic E-state index is 13.5. The Morgan fingerprint density at radius 3 is 2.50 bits per heavy atom. The van der Waals surface area contributed by atoms with Crippen LogP contribution in [0.2, 0.25) is 0 Å².